The van der Waals surface area contributed by atoms with Crippen molar-refractivity contribution in [1.82, 2.24) is 0 Å². The summed E-state index contributed by atoms with van der Waals surface area (Å²) in [5.74, 6) is -0.826. The lowest BCUT2D eigenvalue weighted by atomic mass is 10.1. The summed E-state index contributed by atoms with van der Waals surface area (Å²) < 4.78 is 26.5. The van der Waals surface area contributed by atoms with Crippen LogP contribution < -0.4 is 5.73 Å². The predicted molar refractivity (Wildman–Crippen MR) is 97.3 cm³/mol. The number of rotatable bonds is 4. The summed E-state index contributed by atoms with van der Waals surface area (Å²) in [5, 5.41) is 0.209. The van der Waals surface area contributed by atoms with Gasteiger partial charge in [0.25, 0.3) is 0 Å². The van der Waals surface area contributed by atoms with Crippen LogP contribution in [0.1, 0.15) is 10.4 Å². The Kier molecular flexibility index (Phi) is 4.61. The Hall–Kier alpha value is -2.63. The first-order chi connectivity index (χ1) is 11.9. The third-order valence-electron chi connectivity index (χ3n) is 3.76. The lowest BCUT2D eigenvalue weighted by molar-refractivity contribution is 0.0997. The van der Waals surface area contributed by atoms with Gasteiger partial charge in [0.15, 0.2) is 0 Å². The minimum atomic E-state index is -4.00. The van der Waals surface area contributed by atoms with Gasteiger partial charge in [0.1, 0.15) is 0 Å². The van der Waals surface area contributed by atoms with Crippen LogP contribution in [0.15, 0.2) is 82.6 Å². The van der Waals surface area contributed by atoms with E-state index in [1.54, 1.807) is 18.2 Å². The molecule has 3 aromatic carbocycles. The minimum absolute atomic E-state index is 0.0889. The molecule has 25 heavy (non-hydrogen) atoms. The molecule has 4 nitrogen and oxygen atoms in total. The molecule has 0 unspecified atom stereocenters. The smallest absolute Gasteiger partial charge is 0.250 e. The fraction of sp³-hybridized carbons (Fsp3) is 0. The molecule has 0 saturated carbocycles. The fourth-order valence-electron chi connectivity index (χ4n) is 2.60. The molecular formula is C19H14ClNO3S. The highest BCUT2D eigenvalue weighted by Crippen LogP contribution is 2.33. The second-order valence-corrected chi connectivity index (χ2v) is 7.69. The van der Waals surface area contributed by atoms with Crippen molar-refractivity contribution in [3.05, 3.63) is 83.4 Å². The summed E-state index contributed by atoms with van der Waals surface area (Å²) in [5.41, 5.74) is 6.55. The van der Waals surface area contributed by atoms with Crippen molar-refractivity contribution in [3.8, 4) is 11.1 Å². The lowest BCUT2D eigenvalue weighted by Gasteiger charge is -2.13. The van der Waals surface area contributed by atoms with Gasteiger partial charge in [-0.25, -0.2) is 8.42 Å². The number of carbonyl (C=O) groups excluding carboxylic acids is 1. The third kappa shape index (κ3) is 3.29. The predicted octanol–water partition coefficient (Wildman–Crippen LogP) is 3.94. The summed E-state index contributed by atoms with van der Waals surface area (Å²) in [6.45, 7) is 0. The van der Waals surface area contributed by atoms with Crippen LogP contribution in [-0.4, -0.2) is 14.3 Å². The third-order valence-corrected chi connectivity index (χ3v) is 5.85. The van der Waals surface area contributed by atoms with Crippen LogP contribution in [-0.2, 0) is 9.84 Å². The molecule has 0 aromatic heterocycles. The highest BCUT2D eigenvalue weighted by atomic mass is 35.5. The maximum atomic E-state index is 13.2. The zero-order valence-corrected chi connectivity index (χ0v) is 14.6. The number of nitrogens with two attached hydrogens (primary N) is 1. The number of hydrogen-bond acceptors (Lipinski definition) is 3. The monoisotopic (exact) mass is 371 g/mol. The molecule has 0 radical (unpaired) electrons. The van der Waals surface area contributed by atoms with E-state index in [-0.39, 0.29) is 20.4 Å². The van der Waals surface area contributed by atoms with Gasteiger partial charge in [-0.05, 0) is 29.8 Å². The van der Waals surface area contributed by atoms with Gasteiger partial charge in [-0.1, -0.05) is 60.1 Å². The van der Waals surface area contributed by atoms with Crippen molar-refractivity contribution in [2.24, 2.45) is 5.73 Å². The van der Waals surface area contributed by atoms with E-state index >= 15 is 0 Å². The number of amides is 1. The Bertz CT molecular complexity index is 1050. The summed E-state index contributed by atoms with van der Waals surface area (Å²) in [7, 11) is -4.00. The second-order valence-electron chi connectivity index (χ2n) is 5.37. The molecule has 6 heteroatoms. The van der Waals surface area contributed by atoms with Gasteiger partial charge in [0.05, 0.1) is 15.4 Å². The van der Waals surface area contributed by atoms with E-state index in [9.17, 15) is 13.2 Å². The Morgan fingerprint density at radius 2 is 1.48 bits per heavy atom. The SMILES string of the molecule is NC(=O)c1ccc(Cl)cc1S(=O)(=O)c1ccccc1-c1ccccc1. The highest BCUT2D eigenvalue weighted by molar-refractivity contribution is 7.91. The fourth-order valence-corrected chi connectivity index (χ4v) is 4.54. The van der Waals surface area contributed by atoms with Gasteiger partial charge in [-0.15, -0.1) is 0 Å². The molecule has 0 aliphatic carbocycles. The molecule has 0 fully saturated rings. The summed E-state index contributed by atoms with van der Waals surface area (Å²) in [6.07, 6.45) is 0. The summed E-state index contributed by atoms with van der Waals surface area (Å²) in [6, 6.07) is 19.8. The molecule has 2 N–H and O–H groups in total. The topological polar surface area (TPSA) is 77.2 Å². The molecule has 3 aromatic rings. The Balaban J connectivity index is 2.28. The summed E-state index contributed by atoms with van der Waals surface area (Å²) in [4.78, 5) is 11.6. The van der Waals surface area contributed by atoms with E-state index in [0.29, 0.717) is 5.56 Å². The van der Waals surface area contributed by atoms with Gasteiger partial charge in [-0.3, -0.25) is 4.79 Å². The molecule has 0 spiro atoms. The molecule has 0 aliphatic rings. The first-order valence-corrected chi connectivity index (χ1v) is 9.26. The normalized spacial score (nSPS) is 11.2. The number of benzene rings is 3. The molecule has 1 amide bonds. The van der Waals surface area contributed by atoms with Crippen LogP contribution >= 0.6 is 11.6 Å². The van der Waals surface area contributed by atoms with E-state index in [2.05, 4.69) is 0 Å². The first kappa shape index (κ1) is 17.2. The van der Waals surface area contributed by atoms with E-state index in [1.807, 2.05) is 30.3 Å². The van der Waals surface area contributed by atoms with E-state index < -0.39 is 15.7 Å². The first-order valence-electron chi connectivity index (χ1n) is 7.40. The average molecular weight is 372 g/mol. The van der Waals surface area contributed by atoms with Crippen LogP contribution in [0.25, 0.3) is 11.1 Å². The molecule has 0 aliphatic heterocycles. The van der Waals surface area contributed by atoms with E-state index in [0.717, 1.165) is 5.56 Å². The largest absolute Gasteiger partial charge is 0.366 e. The maximum Gasteiger partial charge on any atom is 0.250 e. The number of sulfone groups is 1. The number of carbonyl (C=O) groups is 1. The Morgan fingerprint density at radius 3 is 2.16 bits per heavy atom. The van der Waals surface area contributed by atoms with Gasteiger partial charge in [0.2, 0.25) is 15.7 Å². The molecular weight excluding hydrogens is 358 g/mol. The number of primary amides is 1. The van der Waals surface area contributed by atoms with Crippen LogP contribution in [0.3, 0.4) is 0 Å². The van der Waals surface area contributed by atoms with Crippen molar-refractivity contribution in [2.75, 3.05) is 0 Å². The molecule has 0 heterocycles. The zero-order valence-electron chi connectivity index (χ0n) is 13.0. The Labute approximate surface area is 150 Å². The van der Waals surface area contributed by atoms with Crippen molar-refractivity contribution in [2.45, 2.75) is 9.79 Å². The van der Waals surface area contributed by atoms with Gasteiger partial charge >= 0.3 is 0 Å². The Morgan fingerprint density at radius 1 is 0.840 bits per heavy atom. The van der Waals surface area contributed by atoms with Crippen LogP contribution in [0, 0.1) is 0 Å². The van der Waals surface area contributed by atoms with Gasteiger partial charge < -0.3 is 5.73 Å². The van der Waals surface area contributed by atoms with Crippen molar-refractivity contribution >= 4 is 27.3 Å². The minimum Gasteiger partial charge on any atom is -0.366 e. The molecule has 3 rings (SSSR count). The van der Waals surface area contributed by atoms with Crippen LogP contribution in [0.4, 0.5) is 0 Å². The van der Waals surface area contributed by atoms with E-state index in [1.165, 1.54) is 24.3 Å². The average Bonchev–Trinajstić information content (AvgIpc) is 2.62. The maximum absolute atomic E-state index is 13.2. The van der Waals surface area contributed by atoms with Crippen molar-refractivity contribution < 1.29 is 13.2 Å². The number of halogens is 1. The van der Waals surface area contributed by atoms with Gasteiger partial charge in [-0.2, -0.15) is 0 Å². The second kappa shape index (κ2) is 6.70. The zero-order chi connectivity index (χ0) is 18.0. The van der Waals surface area contributed by atoms with Crippen molar-refractivity contribution in [1.29, 1.82) is 0 Å². The summed E-state index contributed by atoms with van der Waals surface area (Å²) >= 11 is 5.96. The van der Waals surface area contributed by atoms with Crippen LogP contribution in [0.2, 0.25) is 5.02 Å². The van der Waals surface area contributed by atoms with E-state index in [4.69, 9.17) is 17.3 Å². The molecule has 0 saturated heterocycles. The standard InChI is InChI=1S/C19H14ClNO3S/c20-14-10-11-16(19(21)22)18(12-14)25(23,24)17-9-5-4-8-15(17)13-6-2-1-3-7-13/h1-12H,(H2,21,22). The lowest BCUT2D eigenvalue weighted by Crippen LogP contribution is -2.17. The van der Waals surface area contributed by atoms with Crippen molar-refractivity contribution in [3.63, 3.8) is 0 Å². The quantitative estimate of drug-likeness (QED) is 0.754. The molecule has 126 valence electrons. The van der Waals surface area contributed by atoms with Gasteiger partial charge in [0, 0.05) is 10.6 Å². The highest BCUT2D eigenvalue weighted by Gasteiger charge is 2.26. The number of hydrogen-bond donors (Lipinski definition) is 1. The molecule has 0 bridgehead atoms. The molecule has 0 atom stereocenters. The van der Waals surface area contributed by atoms with Crippen LogP contribution in [0.5, 0.6) is 0 Å².